The third-order valence-corrected chi connectivity index (χ3v) is 6.85. The van der Waals surface area contributed by atoms with E-state index in [1.165, 1.54) is 0 Å². The van der Waals surface area contributed by atoms with Crippen molar-refractivity contribution in [2.24, 2.45) is 11.7 Å². The quantitative estimate of drug-likeness (QED) is 0.915. The van der Waals surface area contributed by atoms with Crippen LogP contribution in [-0.2, 0) is 9.84 Å². The lowest BCUT2D eigenvalue weighted by molar-refractivity contribution is 0.310. The monoisotopic (exact) mass is 294 g/mol. The first-order valence-electron chi connectivity index (χ1n) is 7.27. The van der Waals surface area contributed by atoms with E-state index < -0.39 is 9.84 Å². The van der Waals surface area contributed by atoms with E-state index in [-0.39, 0.29) is 11.3 Å². The Kier molecular flexibility index (Phi) is 3.60. The summed E-state index contributed by atoms with van der Waals surface area (Å²) in [5, 5.41) is -0.152. The summed E-state index contributed by atoms with van der Waals surface area (Å²) in [4.78, 5) is 2.77. The number of sulfone groups is 1. The fourth-order valence-electron chi connectivity index (χ4n) is 3.21. The molecule has 2 unspecified atom stereocenters. The molecule has 2 atom stereocenters. The largest absolute Gasteiger partial charge is 0.330 e. The highest BCUT2D eigenvalue weighted by atomic mass is 32.2. The predicted molar refractivity (Wildman–Crippen MR) is 79.2 cm³/mol. The van der Waals surface area contributed by atoms with E-state index >= 15 is 0 Å². The van der Waals surface area contributed by atoms with E-state index in [0.29, 0.717) is 17.4 Å². The second-order valence-corrected chi connectivity index (χ2v) is 8.27. The number of hydrogen-bond acceptors (Lipinski definition) is 4. The Morgan fingerprint density at radius 3 is 2.60 bits per heavy atom. The first-order chi connectivity index (χ1) is 9.54. The summed E-state index contributed by atoms with van der Waals surface area (Å²) >= 11 is 0. The molecule has 0 bridgehead atoms. The molecule has 5 heteroatoms. The standard InChI is InChI=1S/C15H22N2O2S/c1-17-10-11(9-16)8-14(17)13-4-2-3-5-15(13)20(18,19)12-6-7-12/h2-5,11-12,14H,6-10,16H2,1H3. The van der Waals surface area contributed by atoms with Crippen LogP contribution in [0.2, 0.25) is 0 Å². The minimum Gasteiger partial charge on any atom is -0.330 e. The van der Waals surface area contributed by atoms with Gasteiger partial charge in [-0.25, -0.2) is 8.42 Å². The summed E-state index contributed by atoms with van der Waals surface area (Å²) in [6, 6.07) is 7.68. The van der Waals surface area contributed by atoms with Gasteiger partial charge in [-0.3, -0.25) is 4.90 Å². The molecule has 1 heterocycles. The molecule has 2 aliphatic rings. The molecule has 110 valence electrons. The molecule has 3 rings (SSSR count). The Balaban J connectivity index is 1.98. The molecule has 2 fully saturated rings. The SMILES string of the molecule is CN1CC(CN)CC1c1ccccc1S(=O)(=O)C1CC1. The third kappa shape index (κ3) is 2.38. The number of rotatable bonds is 4. The molecule has 4 nitrogen and oxygen atoms in total. The van der Waals surface area contributed by atoms with Crippen molar-refractivity contribution in [1.82, 2.24) is 4.90 Å². The number of likely N-dealkylation sites (tertiary alicyclic amines) is 1. The van der Waals surface area contributed by atoms with Crippen molar-refractivity contribution < 1.29 is 8.42 Å². The fourth-order valence-corrected chi connectivity index (χ4v) is 5.13. The van der Waals surface area contributed by atoms with Crippen molar-refractivity contribution in [1.29, 1.82) is 0 Å². The number of hydrogen-bond donors (Lipinski definition) is 1. The highest BCUT2D eigenvalue weighted by Gasteiger charge is 2.40. The van der Waals surface area contributed by atoms with Crippen LogP contribution in [0.25, 0.3) is 0 Å². The summed E-state index contributed by atoms with van der Waals surface area (Å²) in [6.45, 7) is 1.61. The molecule has 1 aliphatic heterocycles. The van der Waals surface area contributed by atoms with Gasteiger partial charge < -0.3 is 5.73 Å². The molecule has 0 spiro atoms. The Labute approximate surface area is 120 Å². The van der Waals surface area contributed by atoms with Gasteiger partial charge in [0.05, 0.1) is 10.1 Å². The van der Waals surface area contributed by atoms with Crippen molar-refractivity contribution in [3.05, 3.63) is 29.8 Å². The number of benzene rings is 1. The first kappa shape index (κ1) is 14.0. The number of nitrogens with zero attached hydrogens (tertiary/aromatic N) is 1. The van der Waals surface area contributed by atoms with Crippen LogP contribution < -0.4 is 5.73 Å². The van der Waals surface area contributed by atoms with E-state index in [0.717, 1.165) is 31.4 Å². The zero-order valence-corrected chi connectivity index (χ0v) is 12.6. The van der Waals surface area contributed by atoms with Crippen LogP contribution >= 0.6 is 0 Å². The summed E-state index contributed by atoms with van der Waals surface area (Å²) in [7, 11) is -1.08. The molecule has 0 radical (unpaired) electrons. The minimum atomic E-state index is -3.14. The molecule has 1 aromatic carbocycles. The topological polar surface area (TPSA) is 63.4 Å². The summed E-state index contributed by atoms with van der Waals surface area (Å²) < 4.78 is 25.2. The molecule has 1 saturated heterocycles. The molecule has 0 aromatic heterocycles. The maximum Gasteiger partial charge on any atom is 0.181 e. The lowest BCUT2D eigenvalue weighted by Gasteiger charge is -2.22. The average Bonchev–Trinajstić information content (AvgIpc) is 3.23. The van der Waals surface area contributed by atoms with Crippen molar-refractivity contribution in [2.45, 2.75) is 35.4 Å². The van der Waals surface area contributed by atoms with Gasteiger partial charge in [-0.2, -0.15) is 0 Å². The molecule has 20 heavy (non-hydrogen) atoms. The summed E-state index contributed by atoms with van der Waals surface area (Å²) in [6.07, 6.45) is 2.56. The van der Waals surface area contributed by atoms with Crippen molar-refractivity contribution in [2.75, 3.05) is 20.1 Å². The van der Waals surface area contributed by atoms with Crippen LogP contribution in [0.5, 0.6) is 0 Å². The lowest BCUT2D eigenvalue weighted by atomic mass is 10.00. The fraction of sp³-hybridized carbons (Fsp3) is 0.600. The van der Waals surface area contributed by atoms with Gasteiger partial charge >= 0.3 is 0 Å². The van der Waals surface area contributed by atoms with E-state index in [1.54, 1.807) is 6.07 Å². The van der Waals surface area contributed by atoms with Gasteiger partial charge in [0.15, 0.2) is 9.84 Å². The van der Waals surface area contributed by atoms with E-state index in [9.17, 15) is 8.42 Å². The molecule has 1 aliphatic carbocycles. The van der Waals surface area contributed by atoms with Gasteiger partial charge in [-0.15, -0.1) is 0 Å². The summed E-state index contributed by atoms with van der Waals surface area (Å²) in [5.41, 5.74) is 6.73. The van der Waals surface area contributed by atoms with Crippen molar-refractivity contribution in [3.63, 3.8) is 0 Å². The average molecular weight is 294 g/mol. The zero-order chi connectivity index (χ0) is 14.3. The van der Waals surface area contributed by atoms with Gasteiger partial charge in [0.25, 0.3) is 0 Å². The number of nitrogens with two attached hydrogens (primary N) is 1. The molecule has 2 N–H and O–H groups in total. The second kappa shape index (κ2) is 5.13. The zero-order valence-electron chi connectivity index (χ0n) is 11.8. The Morgan fingerprint density at radius 1 is 1.30 bits per heavy atom. The van der Waals surface area contributed by atoms with Crippen molar-refractivity contribution >= 4 is 9.84 Å². The maximum absolute atomic E-state index is 12.6. The van der Waals surface area contributed by atoms with Crippen LogP contribution in [0.15, 0.2) is 29.2 Å². The van der Waals surface area contributed by atoms with E-state index in [2.05, 4.69) is 11.9 Å². The van der Waals surface area contributed by atoms with Crippen LogP contribution in [-0.4, -0.2) is 38.7 Å². The van der Waals surface area contributed by atoms with Gasteiger partial charge in [0.2, 0.25) is 0 Å². The molecule has 0 amide bonds. The van der Waals surface area contributed by atoms with Gasteiger partial charge in [0, 0.05) is 12.6 Å². The van der Waals surface area contributed by atoms with Gasteiger partial charge in [-0.05, 0) is 50.4 Å². The highest BCUT2D eigenvalue weighted by Crippen LogP contribution is 2.40. The third-order valence-electron chi connectivity index (χ3n) is 4.52. The van der Waals surface area contributed by atoms with Crippen LogP contribution in [0.3, 0.4) is 0 Å². The molecule has 1 saturated carbocycles. The van der Waals surface area contributed by atoms with Gasteiger partial charge in [-0.1, -0.05) is 18.2 Å². The molecule has 1 aromatic rings. The Bertz CT molecular complexity index is 596. The normalized spacial score (nSPS) is 27.9. The Morgan fingerprint density at radius 2 is 2.00 bits per heavy atom. The second-order valence-electron chi connectivity index (χ2n) is 6.07. The smallest absolute Gasteiger partial charge is 0.181 e. The van der Waals surface area contributed by atoms with E-state index in [1.807, 2.05) is 18.2 Å². The predicted octanol–water partition coefficient (Wildman–Crippen LogP) is 1.57. The van der Waals surface area contributed by atoms with E-state index in [4.69, 9.17) is 5.73 Å². The summed E-state index contributed by atoms with van der Waals surface area (Å²) in [5.74, 6) is 0.460. The first-order valence-corrected chi connectivity index (χ1v) is 8.81. The van der Waals surface area contributed by atoms with Gasteiger partial charge in [0.1, 0.15) is 0 Å². The van der Waals surface area contributed by atoms with Crippen molar-refractivity contribution in [3.8, 4) is 0 Å². The lowest BCUT2D eigenvalue weighted by Crippen LogP contribution is -2.22. The Hall–Kier alpha value is -0.910. The highest BCUT2D eigenvalue weighted by molar-refractivity contribution is 7.92. The van der Waals surface area contributed by atoms with Crippen LogP contribution in [0, 0.1) is 5.92 Å². The van der Waals surface area contributed by atoms with Crippen LogP contribution in [0.4, 0.5) is 0 Å². The maximum atomic E-state index is 12.6. The minimum absolute atomic E-state index is 0.152. The van der Waals surface area contributed by atoms with Crippen LogP contribution in [0.1, 0.15) is 30.9 Å². The molecular weight excluding hydrogens is 272 g/mol. The molecular formula is C15H22N2O2S.